The molecule has 0 bridgehead atoms. The van der Waals surface area contributed by atoms with Crippen molar-refractivity contribution in [2.45, 2.75) is 0 Å². The Morgan fingerprint density at radius 2 is 0.921 bits per heavy atom. The summed E-state index contributed by atoms with van der Waals surface area (Å²) in [7, 11) is 0. The molecule has 63 heavy (non-hydrogen) atoms. The molecule has 0 radical (unpaired) electrons. The Morgan fingerprint density at radius 3 is 1.63 bits per heavy atom. The van der Waals surface area contributed by atoms with E-state index in [1.165, 1.54) is 0 Å². The number of rotatable bonds is 5. The first-order valence-electron chi connectivity index (χ1n) is 20.9. The molecule has 0 amide bonds. The number of hydrogen-bond donors (Lipinski definition) is 0. The van der Waals surface area contributed by atoms with Crippen LogP contribution < -0.4 is 0 Å². The number of nitrogens with zero attached hydrogens (tertiary/aromatic N) is 7. The van der Waals surface area contributed by atoms with Crippen LogP contribution in [0.25, 0.3) is 117 Å². The van der Waals surface area contributed by atoms with Crippen LogP contribution in [0.3, 0.4) is 0 Å². The molecule has 0 fully saturated rings. The van der Waals surface area contributed by atoms with E-state index in [9.17, 15) is 0 Å². The zero-order valence-electron chi connectivity index (χ0n) is 33.6. The topological polar surface area (TPSA) is 65.8 Å². The molecule has 8 aromatic carbocycles. The lowest BCUT2D eigenvalue weighted by Gasteiger charge is -2.18. The van der Waals surface area contributed by atoms with Crippen LogP contribution in [0.2, 0.25) is 0 Å². The van der Waals surface area contributed by atoms with Crippen LogP contribution in [-0.4, -0.2) is 33.5 Å². The van der Waals surface area contributed by atoms with Crippen LogP contribution >= 0.6 is 12.2 Å². The fourth-order valence-corrected chi connectivity index (χ4v) is 9.83. The molecular formula is C55H33N7S. The first-order valence-corrected chi connectivity index (χ1v) is 21.4. The van der Waals surface area contributed by atoms with Gasteiger partial charge in [0.25, 0.3) is 0 Å². The second kappa shape index (κ2) is 13.9. The van der Waals surface area contributed by atoms with Crippen molar-refractivity contribution in [1.29, 1.82) is 0 Å². The van der Waals surface area contributed by atoms with Gasteiger partial charge in [0.15, 0.2) is 11.6 Å². The van der Waals surface area contributed by atoms with Crippen LogP contribution in [0, 0.1) is 4.64 Å². The summed E-state index contributed by atoms with van der Waals surface area (Å²) in [5.74, 6) is 1.81. The fraction of sp³-hybridized carbons (Fsp3) is 0. The lowest BCUT2D eigenvalue weighted by Crippen LogP contribution is -2.06. The van der Waals surface area contributed by atoms with Crippen LogP contribution in [0.5, 0.6) is 0 Å². The summed E-state index contributed by atoms with van der Waals surface area (Å²) in [6.45, 7) is 0. The molecule has 0 aliphatic heterocycles. The van der Waals surface area contributed by atoms with Gasteiger partial charge >= 0.3 is 0 Å². The lowest BCUT2D eigenvalue weighted by atomic mass is 10.0. The van der Waals surface area contributed by atoms with Gasteiger partial charge in [-0.1, -0.05) is 164 Å². The summed E-state index contributed by atoms with van der Waals surface area (Å²) < 4.78 is 7.51. The molecule has 0 saturated carbocycles. The third-order valence-electron chi connectivity index (χ3n) is 12.3. The molecule has 294 valence electrons. The molecule has 13 rings (SSSR count). The summed E-state index contributed by atoms with van der Waals surface area (Å²) in [5.41, 5.74) is 12.1. The second-order valence-electron chi connectivity index (χ2n) is 15.8. The van der Waals surface area contributed by atoms with Crippen molar-refractivity contribution < 1.29 is 0 Å². The van der Waals surface area contributed by atoms with Gasteiger partial charge in [-0.3, -0.25) is 13.5 Å². The molecule has 0 N–H and O–H groups in total. The van der Waals surface area contributed by atoms with Crippen LogP contribution in [-0.2, 0) is 0 Å². The Kier molecular flexibility index (Phi) is 7.79. The van der Waals surface area contributed by atoms with Crippen molar-refractivity contribution in [3.05, 3.63) is 205 Å². The summed E-state index contributed by atoms with van der Waals surface area (Å²) in [5, 5.41) is 6.50. The van der Waals surface area contributed by atoms with Gasteiger partial charge in [-0.2, -0.15) is 9.97 Å². The molecule has 13 aromatic rings. The number of fused-ring (bicyclic) bond motifs is 13. The molecule has 7 nitrogen and oxygen atoms in total. The number of aromatic nitrogens is 7. The Balaban J connectivity index is 1.04. The zero-order valence-corrected chi connectivity index (χ0v) is 34.4. The number of para-hydroxylation sites is 3. The Hall–Kier alpha value is -8.33. The molecule has 5 aromatic heterocycles. The average molecular weight is 824 g/mol. The van der Waals surface area contributed by atoms with E-state index >= 15 is 0 Å². The average Bonchev–Trinajstić information content (AvgIpc) is 3.90. The highest BCUT2D eigenvalue weighted by molar-refractivity contribution is 7.71. The van der Waals surface area contributed by atoms with Crippen molar-refractivity contribution in [3.8, 4) is 45.5 Å². The van der Waals surface area contributed by atoms with Gasteiger partial charge in [0, 0.05) is 38.4 Å². The molecule has 0 aliphatic rings. The number of benzene rings is 8. The van der Waals surface area contributed by atoms with E-state index < -0.39 is 0 Å². The molecule has 5 heterocycles. The van der Waals surface area contributed by atoms with Crippen molar-refractivity contribution in [1.82, 2.24) is 33.5 Å². The molecule has 0 aliphatic carbocycles. The largest absolute Gasteiger partial charge is 0.299 e. The molecule has 0 saturated heterocycles. The fourth-order valence-electron chi connectivity index (χ4n) is 9.45. The summed E-state index contributed by atoms with van der Waals surface area (Å²) in [6, 6.07) is 69.5. The monoisotopic (exact) mass is 823 g/mol. The maximum absolute atomic E-state index is 6.29. The zero-order chi connectivity index (χ0) is 41.6. The van der Waals surface area contributed by atoms with Crippen LogP contribution in [0.1, 0.15) is 0 Å². The Morgan fingerprint density at radius 1 is 0.365 bits per heavy atom. The SMILES string of the molecule is S=c1c2ccccc2c2c(c3ccccc3n3c4cc(-c5ccc6c(c5)c5ccccc5n6-c5nc(-c6ccccc6)nc(-c6ccccc6)n5)ccc4nc23)n1-c1ccccc1. The first-order chi connectivity index (χ1) is 31.2. The van der Waals surface area contributed by atoms with Gasteiger partial charge in [0.2, 0.25) is 5.95 Å². The minimum atomic E-state index is 0.567. The number of imidazole rings is 1. The summed E-state index contributed by atoms with van der Waals surface area (Å²) in [4.78, 5) is 20.6. The highest BCUT2D eigenvalue weighted by Gasteiger charge is 2.22. The second-order valence-corrected chi connectivity index (χ2v) is 16.2. The van der Waals surface area contributed by atoms with E-state index in [4.69, 9.17) is 32.2 Å². The molecule has 0 atom stereocenters. The van der Waals surface area contributed by atoms with Crippen LogP contribution in [0.15, 0.2) is 200 Å². The molecular weight excluding hydrogens is 791 g/mol. The van der Waals surface area contributed by atoms with Crippen molar-refractivity contribution in [2.24, 2.45) is 0 Å². The highest BCUT2D eigenvalue weighted by Crippen LogP contribution is 2.40. The molecule has 0 unspecified atom stereocenters. The van der Waals surface area contributed by atoms with E-state index in [1.807, 2.05) is 66.7 Å². The minimum absolute atomic E-state index is 0.567. The third-order valence-corrected chi connectivity index (χ3v) is 12.7. The third kappa shape index (κ3) is 5.41. The molecule has 8 heteroatoms. The van der Waals surface area contributed by atoms with E-state index in [2.05, 4.69) is 147 Å². The van der Waals surface area contributed by atoms with Gasteiger partial charge in [-0.15, -0.1) is 0 Å². The van der Waals surface area contributed by atoms with E-state index in [0.29, 0.717) is 17.6 Å². The maximum atomic E-state index is 6.29. The number of hydrogen-bond acceptors (Lipinski definition) is 5. The molecule has 0 spiro atoms. The van der Waals surface area contributed by atoms with Gasteiger partial charge < -0.3 is 0 Å². The highest BCUT2D eigenvalue weighted by atomic mass is 32.1. The smallest absolute Gasteiger partial charge is 0.238 e. The van der Waals surface area contributed by atoms with E-state index in [-0.39, 0.29) is 0 Å². The maximum Gasteiger partial charge on any atom is 0.238 e. The van der Waals surface area contributed by atoms with E-state index in [1.54, 1.807) is 0 Å². The minimum Gasteiger partial charge on any atom is -0.299 e. The van der Waals surface area contributed by atoms with Crippen molar-refractivity contribution in [3.63, 3.8) is 0 Å². The Labute approximate surface area is 365 Å². The predicted octanol–water partition coefficient (Wildman–Crippen LogP) is 13.8. The van der Waals surface area contributed by atoms with Gasteiger partial charge in [-0.25, -0.2) is 9.97 Å². The van der Waals surface area contributed by atoms with Crippen LogP contribution in [0.4, 0.5) is 0 Å². The number of pyridine rings is 2. The predicted molar refractivity (Wildman–Crippen MR) is 259 cm³/mol. The quantitative estimate of drug-likeness (QED) is 0.128. The normalized spacial score (nSPS) is 11.9. The lowest BCUT2D eigenvalue weighted by molar-refractivity contribution is 0.953. The first kappa shape index (κ1) is 35.4. The van der Waals surface area contributed by atoms with E-state index in [0.717, 1.165) is 104 Å². The van der Waals surface area contributed by atoms with Gasteiger partial charge in [0.05, 0.1) is 38.5 Å². The van der Waals surface area contributed by atoms with Crippen molar-refractivity contribution >= 4 is 83.3 Å². The van der Waals surface area contributed by atoms with Crippen molar-refractivity contribution in [2.75, 3.05) is 0 Å². The van der Waals surface area contributed by atoms with Gasteiger partial charge in [-0.05, 0) is 65.0 Å². The summed E-state index contributed by atoms with van der Waals surface area (Å²) >= 11 is 6.29. The summed E-state index contributed by atoms with van der Waals surface area (Å²) in [6.07, 6.45) is 0. The Bertz CT molecular complexity index is 3980. The van der Waals surface area contributed by atoms with Gasteiger partial charge in [0.1, 0.15) is 10.3 Å². The standard InChI is InChI=1S/C55H33N7S/c63-54-41-24-11-10-23-40(41)49-50(60(54)38-20-8-3-9-21-38)42-25-13-15-27-46(42)61-48-33-37(28-30-44(48)56-53(49)61)36-29-31-47-43(32-36)39-22-12-14-26-45(39)62(47)55-58-51(34-16-4-1-5-17-34)57-52(59-55)35-18-6-2-7-19-35/h1-33H.